The van der Waals surface area contributed by atoms with E-state index in [4.69, 9.17) is 0 Å². The summed E-state index contributed by atoms with van der Waals surface area (Å²) in [5.74, 6) is 0. The van der Waals surface area contributed by atoms with E-state index in [-0.39, 0.29) is 5.41 Å². The molecule has 0 saturated heterocycles. The van der Waals surface area contributed by atoms with E-state index in [0.29, 0.717) is 0 Å². The maximum atomic E-state index is 4.27. The lowest BCUT2D eigenvalue weighted by atomic mass is 9.91. The molecule has 0 unspecified atom stereocenters. The van der Waals surface area contributed by atoms with Crippen LogP contribution in [0.5, 0.6) is 0 Å². The molecule has 15 heavy (non-hydrogen) atoms. The van der Waals surface area contributed by atoms with Crippen LogP contribution in [0.3, 0.4) is 0 Å². The summed E-state index contributed by atoms with van der Waals surface area (Å²) >= 11 is 1.73. The molecule has 0 saturated carbocycles. The van der Waals surface area contributed by atoms with Crippen LogP contribution in [0.4, 0.5) is 0 Å². The second-order valence-corrected chi connectivity index (χ2v) is 5.48. The van der Waals surface area contributed by atoms with Gasteiger partial charge in [0.1, 0.15) is 10.0 Å². The molecule has 0 aliphatic heterocycles. The monoisotopic (exact) mass is 227 g/mol. The minimum atomic E-state index is 0.167. The Hall–Kier alpha value is -0.480. The third-order valence-corrected chi connectivity index (χ3v) is 3.92. The van der Waals surface area contributed by atoms with Gasteiger partial charge in [-0.2, -0.15) is 0 Å². The average molecular weight is 227 g/mol. The highest BCUT2D eigenvalue weighted by molar-refractivity contribution is 7.11. The molecule has 0 aliphatic carbocycles. The largest absolute Gasteiger partial charge is 0.310 e. The first-order chi connectivity index (χ1) is 7.10. The molecule has 86 valence electrons. The van der Waals surface area contributed by atoms with Crippen molar-refractivity contribution in [2.45, 2.75) is 52.5 Å². The molecule has 1 aromatic heterocycles. The third kappa shape index (κ3) is 3.54. The van der Waals surface area contributed by atoms with E-state index in [9.17, 15) is 0 Å². The van der Waals surface area contributed by atoms with Crippen LogP contribution in [0.2, 0.25) is 0 Å². The number of hydrogen-bond acceptors (Lipinski definition) is 4. The van der Waals surface area contributed by atoms with Crippen molar-refractivity contribution in [3.63, 3.8) is 0 Å². The molecule has 1 heterocycles. The van der Waals surface area contributed by atoms with E-state index in [1.165, 1.54) is 0 Å². The van der Waals surface area contributed by atoms with Crippen molar-refractivity contribution in [2.75, 3.05) is 6.54 Å². The van der Waals surface area contributed by atoms with Crippen LogP contribution in [0.25, 0.3) is 0 Å². The zero-order chi connectivity index (χ0) is 11.3. The number of nitrogens with zero attached hydrogens (tertiary/aromatic N) is 2. The van der Waals surface area contributed by atoms with Gasteiger partial charge in [-0.3, -0.25) is 0 Å². The smallest absolute Gasteiger partial charge is 0.131 e. The zero-order valence-corrected chi connectivity index (χ0v) is 10.9. The molecule has 1 rings (SSSR count). The van der Waals surface area contributed by atoms with Gasteiger partial charge in [0.05, 0.1) is 0 Å². The van der Waals surface area contributed by atoms with Crippen LogP contribution < -0.4 is 5.32 Å². The van der Waals surface area contributed by atoms with Crippen molar-refractivity contribution in [2.24, 2.45) is 0 Å². The normalized spacial score (nSPS) is 12.0. The Balaban J connectivity index is 2.56. The summed E-state index contributed by atoms with van der Waals surface area (Å²) in [6, 6.07) is 0. The molecule has 1 aromatic rings. The van der Waals surface area contributed by atoms with Crippen molar-refractivity contribution >= 4 is 11.3 Å². The first-order valence-corrected chi connectivity index (χ1v) is 6.45. The predicted octanol–water partition coefficient (Wildman–Crippen LogP) is 2.73. The molecule has 0 atom stereocenters. The fraction of sp³-hybridized carbons (Fsp3) is 0.818. The molecule has 1 N–H and O–H groups in total. The topological polar surface area (TPSA) is 37.8 Å². The second kappa shape index (κ2) is 5.56. The molecular weight excluding hydrogens is 206 g/mol. The molecule has 0 aliphatic rings. The van der Waals surface area contributed by atoms with Crippen molar-refractivity contribution in [3.8, 4) is 0 Å². The minimum Gasteiger partial charge on any atom is -0.310 e. The van der Waals surface area contributed by atoms with Gasteiger partial charge in [-0.1, -0.05) is 39.0 Å². The van der Waals surface area contributed by atoms with Gasteiger partial charge in [-0.05, 0) is 19.4 Å². The minimum absolute atomic E-state index is 0.167. The maximum absolute atomic E-state index is 4.27. The predicted molar refractivity (Wildman–Crippen MR) is 65.2 cm³/mol. The Bertz CT molecular complexity index is 294. The number of hydrogen-bond donors (Lipinski definition) is 1. The quantitative estimate of drug-likeness (QED) is 0.759. The van der Waals surface area contributed by atoms with Crippen molar-refractivity contribution < 1.29 is 0 Å². The van der Waals surface area contributed by atoms with Gasteiger partial charge in [-0.25, -0.2) is 0 Å². The van der Waals surface area contributed by atoms with Crippen LogP contribution in [0, 0.1) is 0 Å². The molecule has 0 amide bonds. The molecule has 0 spiro atoms. The van der Waals surface area contributed by atoms with Crippen molar-refractivity contribution in [3.05, 3.63) is 10.0 Å². The summed E-state index contributed by atoms with van der Waals surface area (Å²) in [6.07, 6.45) is 2.26. The Morgan fingerprint density at radius 3 is 2.60 bits per heavy atom. The molecular formula is C11H21N3S. The Morgan fingerprint density at radius 1 is 1.27 bits per heavy atom. The van der Waals surface area contributed by atoms with E-state index >= 15 is 0 Å². The Kier molecular flexibility index (Phi) is 4.67. The number of nitrogens with one attached hydrogen (secondary N) is 1. The molecule has 0 fully saturated rings. The summed E-state index contributed by atoms with van der Waals surface area (Å²) in [5, 5.41) is 14.1. The first-order valence-electron chi connectivity index (χ1n) is 5.63. The van der Waals surface area contributed by atoms with Gasteiger partial charge >= 0.3 is 0 Å². The van der Waals surface area contributed by atoms with Gasteiger partial charge < -0.3 is 5.32 Å². The SMILES string of the molecule is CCCNCc1nnc(C(C)(C)CC)s1. The number of rotatable bonds is 6. The molecule has 4 heteroatoms. The van der Waals surface area contributed by atoms with E-state index in [1.807, 2.05) is 0 Å². The fourth-order valence-electron chi connectivity index (χ4n) is 1.12. The average Bonchev–Trinajstić information content (AvgIpc) is 2.68. The summed E-state index contributed by atoms with van der Waals surface area (Å²) in [7, 11) is 0. The van der Waals surface area contributed by atoms with E-state index in [1.54, 1.807) is 11.3 Å². The number of aromatic nitrogens is 2. The highest BCUT2D eigenvalue weighted by Crippen LogP contribution is 2.28. The lowest BCUT2D eigenvalue weighted by molar-refractivity contribution is 0.498. The molecule has 0 aromatic carbocycles. The molecule has 3 nitrogen and oxygen atoms in total. The summed E-state index contributed by atoms with van der Waals surface area (Å²) in [5.41, 5.74) is 0.167. The van der Waals surface area contributed by atoms with E-state index < -0.39 is 0 Å². The lowest BCUT2D eigenvalue weighted by Crippen LogP contribution is -2.14. The maximum Gasteiger partial charge on any atom is 0.131 e. The van der Waals surface area contributed by atoms with Crippen LogP contribution in [-0.4, -0.2) is 16.7 Å². The summed E-state index contributed by atoms with van der Waals surface area (Å²) in [4.78, 5) is 0. The van der Waals surface area contributed by atoms with Crippen LogP contribution in [-0.2, 0) is 12.0 Å². The van der Waals surface area contributed by atoms with Gasteiger partial charge in [0, 0.05) is 12.0 Å². The van der Waals surface area contributed by atoms with Crippen LogP contribution >= 0.6 is 11.3 Å². The molecule has 0 bridgehead atoms. The summed E-state index contributed by atoms with van der Waals surface area (Å²) < 4.78 is 0. The Morgan fingerprint density at radius 2 is 2.00 bits per heavy atom. The lowest BCUT2D eigenvalue weighted by Gasteiger charge is -2.17. The third-order valence-electron chi connectivity index (χ3n) is 2.63. The van der Waals surface area contributed by atoms with Gasteiger partial charge in [0.15, 0.2) is 0 Å². The fourth-order valence-corrected chi connectivity index (χ4v) is 2.10. The summed E-state index contributed by atoms with van der Waals surface area (Å²) in [6.45, 7) is 10.7. The van der Waals surface area contributed by atoms with Crippen molar-refractivity contribution in [1.29, 1.82) is 0 Å². The zero-order valence-electron chi connectivity index (χ0n) is 10.1. The Labute approximate surface area is 96.3 Å². The van der Waals surface area contributed by atoms with Crippen LogP contribution in [0.15, 0.2) is 0 Å². The van der Waals surface area contributed by atoms with Gasteiger partial charge in [-0.15, -0.1) is 10.2 Å². The van der Waals surface area contributed by atoms with Crippen molar-refractivity contribution in [1.82, 2.24) is 15.5 Å². The highest BCUT2D eigenvalue weighted by atomic mass is 32.1. The molecule has 0 radical (unpaired) electrons. The van der Waals surface area contributed by atoms with Gasteiger partial charge in [0.25, 0.3) is 0 Å². The van der Waals surface area contributed by atoms with E-state index in [0.717, 1.165) is 35.9 Å². The highest BCUT2D eigenvalue weighted by Gasteiger charge is 2.22. The van der Waals surface area contributed by atoms with E-state index in [2.05, 4.69) is 43.2 Å². The second-order valence-electron chi connectivity index (χ2n) is 4.42. The standard InChI is InChI=1S/C11H21N3S/c1-5-7-12-8-9-13-14-10(15-9)11(3,4)6-2/h12H,5-8H2,1-4H3. The van der Waals surface area contributed by atoms with Gasteiger partial charge in [0.2, 0.25) is 0 Å². The first kappa shape index (κ1) is 12.6. The van der Waals surface area contributed by atoms with Crippen LogP contribution in [0.1, 0.15) is 50.6 Å².